The molecule has 0 saturated carbocycles. The zero-order chi connectivity index (χ0) is 14.9. The topological polar surface area (TPSA) is 32.3 Å². The summed E-state index contributed by atoms with van der Waals surface area (Å²) in [5.41, 5.74) is 2.20. The third-order valence-corrected chi connectivity index (χ3v) is 3.70. The van der Waals surface area contributed by atoms with Crippen LogP contribution in [-0.4, -0.2) is 5.11 Å². The molecule has 1 unspecified atom stereocenters. The molecule has 0 saturated heterocycles. The predicted octanol–water partition coefficient (Wildman–Crippen LogP) is 5.32. The molecule has 2 aromatic rings. The van der Waals surface area contributed by atoms with Crippen LogP contribution in [0.3, 0.4) is 0 Å². The van der Waals surface area contributed by atoms with Gasteiger partial charge in [0.1, 0.15) is 11.6 Å². The second-order valence-corrected chi connectivity index (χ2v) is 5.47. The van der Waals surface area contributed by atoms with Crippen LogP contribution in [0.5, 0.6) is 5.75 Å². The van der Waals surface area contributed by atoms with Gasteiger partial charge in [-0.3, -0.25) is 0 Å². The van der Waals surface area contributed by atoms with Gasteiger partial charge in [0.05, 0.1) is 11.1 Å². The molecular formula is C15H14Cl2FNO. The smallest absolute Gasteiger partial charge is 0.142 e. The van der Waals surface area contributed by atoms with Crippen LogP contribution in [0.4, 0.5) is 10.1 Å². The van der Waals surface area contributed by atoms with E-state index in [9.17, 15) is 9.50 Å². The number of nitrogens with one attached hydrogen (secondary N) is 1. The quantitative estimate of drug-likeness (QED) is 0.593. The average Bonchev–Trinajstić information content (AvgIpc) is 2.38. The molecule has 0 aromatic heterocycles. The molecule has 2 nitrogen and oxygen atoms in total. The van der Waals surface area contributed by atoms with Gasteiger partial charge in [0.25, 0.3) is 0 Å². The van der Waals surface area contributed by atoms with Crippen molar-refractivity contribution >= 4 is 28.9 Å². The standard InChI is InChI=1S/C15H14Cl2FNO/c1-8-5-10(3-4-15(8)20)19-9(2)11-6-14(18)13(17)7-12(11)16/h3-7,9,19-20H,1-2H3. The van der Waals surface area contributed by atoms with E-state index in [1.807, 2.05) is 13.0 Å². The molecular weight excluding hydrogens is 300 g/mol. The molecule has 0 bridgehead atoms. The molecule has 2 rings (SSSR count). The highest BCUT2D eigenvalue weighted by Gasteiger charge is 2.13. The molecule has 106 valence electrons. The molecule has 0 aliphatic rings. The molecule has 0 fully saturated rings. The molecule has 0 radical (unpaired) electrons. The van der Waals surface area contributed by atoms with E-state index < -0.39 is 5.82 Å². The fourth-order valence-corrected chi connectivity index (χ4v) is 2.49. The molecule has 2 aromatic carbocycles. The zero-order valence-electron chi connectivity index (χ0n) is 11.0. The lowest BCUT2D eigenvalue weighted by molar-refractivity contribution is 0.471. The van der Waals surface area contributed by atoms with E-state index in [4.69, 9.17) is 23.2 Å². The van der Waals surface area contributed by atoms with Gasteiger partial charge in [-0.2, -0.15) is 0 Å². The highest BCUT2D eigenvalue weighted by molar-refractivity contribution is 6.35. The van der Waals surface area contributed by atoms with Crippen molar-refractivity contribution in [3.8, 4) is 5.75 Å². The van der Waals surface area contributed by atoms with Crippen LogP contribution < -0.4 is 5.32 Å². The number of phenols is 1. The summed E-state index contributed by atoms with van der Waals surface area (Å²) in [5, 5.41) is 13.1. The third-order valence-electron chi connectivity index (χ3n) is 3.09. The van der Waals surface area contributed by atoms with Crippen molar-refractivity contribution in [2.45, 2.75) is 19.9 Å². The van der Waals surface area contributed by atoms with Crippen LogP contribution in [0.1, 0.15) is 24.1 Å². The van der Waals surface area contributed by atoms with E-state index in [-0.39, 0.29) is 16.8 Å². The van der Waals surface area contributed by atoms with Gasteiger partial charge in [-0.25, -0.2) is 4.39 Å². The number of hydrogen-bond acceptors (Lipinski definition) is 2. The van der Waals surface area contributed by atoms with Gasteiger partial charge in [0, 0.05) is 10.7 Å². The monoisotopic (exact) mass is 313 g/mol. The Morgan fingerprint density at radius 3 is 2.50 bits per heavy atom. The lowest BCUT2D eigenvalue weighted by atomic mass is 10.1. The number of hydrogen-bond donors (Lipinski definition) is 2. The Morgan fingerprint density at radius 2 is 1.85 bits per heavy atom. The van der Waals surface area contributed by atoms with Gasteiger partial charge in [-0.05, 0) is 55.3 Å². The summed E-state index contributed by atoms with van der Waals surface area (Å²) in [6.07, 6.45) is 0. The molecule has 5 heteroatoms. The second kappa shape index (κ2) is 5.90. The number of benzene rings is 2. The first kappa shape index (κ1) is 14.9. The molecule has 0 heterocycles. The van der Waals surface area contributed by atoms with E-state index >= 15 is 0 Å². The van der Waals surface area contributed by atoms with E-state index in [2.05, 4.69) is 5.32 Å². The van der Waals surface area contributed by atoms with Crippen LogP contribution in [-0.2, 0) is 0 Å². The minimum absolute atomic E-state index is 0.00595. The van der Waals surface area contributed by atoms with Crippen molar-refractivity contribution in [3.05, 3.63) is 57.3 Å². The maximum atomic E-state index is 13.5. The van der Waals surface area contributed by atoms with Crippen LogP contribution >= 0.6 is 23.2 Å². The number of phenolic OH excluding ortho intramolecular Hbond substituents is 1. The van der Waals surface area contributed by atoms with Crippen molar-refractivity contribution in [1.82, 2.24) is 0 Å². The number of rotatable bonds is 3. The maximum absolute atomic E-state index is 13.5. The number of anilines is 1. The van der Waals surface area contributed by atoms with Gasteiger partial charge < -0.3 is 10.4 Å². The lowest BCUT2D eigenvalue weighted by Crippen LogP contribution is -2.08. The first-order chi connectivity index (χ1) is 9.38. The second-order valence-electron chi connectivity index (χ2n) is 4.66. The van der Waals surface area contributed by atoms with Crippen molar-refractivity contribution in [1.29, 1.82) is 0 Å². The maximum Gasteiger partial charge on any atom is 0.142 e. The van der Waals surface area contributed by atoms with E-state index in [1.54, 1.807) is 19.1 Å². The summed E-state index contributed by atoms with van der Waals surface area (Å²) >= 11 is 11.8. The number of halogens is 3. The van der Waals surface area contributed by atoms with Crippen molar-refractivity contribution in [2.24, 2.45) is 0 Å². The minimum Gasteiger partial charge on any atom is -0.508 e. The molecule has 0 aliphatic heterocycles. The summed E-state index contributed by atoms with van der Waals surface area (Å²) in [6.45, 7) is 3.68. The zero-order valence-corrected chi connectivity index (χ0v) is 12.6. The number of aromatic hydroxyl groups is 1. The van der Waals surface area contributed by atoms with Crippen molar-refractivity contribution < 1.29 is 9.50 Å². The van der Waals surface area contributed by atoms with Crippen LogP contribution in [0.15, 0.2) is 30.3 Å². The Kier molecular flexibility index (Phi) is 4.41. The SMILES string of the molecule is Cc1cc(NC(C)c2cc(F)c(Cl)cc2Cl)ccc1O. The predicted molar refractivity (Wildman–Crippen MR) is 81.3 cm³/mol. The summed E-state index contributed by atoms with van der Waals surface area (Å²) in [4.78, 5) is 0. The van der Waals surface area contributed by atoms with Crippen LogP contribution in [0.2, 0.25) is 10.0 Å². The highest BCUT2D eigenvalue weighted by atomic mass is 35.5. The summed E-state index contributed by atoms with van der Waals surface area (Å²) in [7, 11) is 0. The van der Waals surface area contributed by atoms with Crippen molar-refractivity contribution in [3.63, 3.8) is 0 Å². The Bertz CT molecular complexity index is 646. The minimum atomic E-state index is -0.499. The summed E-state index contributed by atoms with van der Waals surface area (Å²) in [6, 6.07) is 7.70. The van der Waals surface area contributed by atoms with E-state index in [1.165, 1.54) is 12.1 Å². The van der Waals surface area contributed by atoms with Gasteiger partial charge in [0.15, 0.2) is 0 Å². The Balaban J connectivity index is 2.25. The Labute approximate surface area is 127 Å². The average molecular weight is 314 g/mol. The molecule has 0 spiro atoms. The van der Waals surface area contributed by atoms with Gasteiger partial charge in [-0.1, -0.05) is 23.2 Å². The Morgan fingerprint density at radius 1 is 1.15 bits per heavy atom. The fourth-order valence-electron chi connectivity index (χ4n) is 1.94. The molecule has 0 amide bonds. The summed E-state index contributed by atoms with van der Waals surface area (Å²) < 4.78 is 13.5. The van der Waals surface area contributed by atoms with Gasteiger partial charge in [0.2, 0.25) is 0 Å². The summed E-state index contributed by atoms with van der Waals surface area (Å²) in [5.74, 6) is -0.264. The molecule has 20 heavy (non-hydrogen) atoms. The first-order valence-corrected chi connectivity index (χ1v) is 6.84. The Hall–Kier alpha value is -1.45. The first-order valence-electron chi connectivity index (χ1n) is 6.09. The molecule has 2 N–H and O–H groups in total. The number of aryl methyl sites for hydroxylation is 1. The van der Waals surface area contributed by atoms with Crippen LogP contribution in [0, 0.1) is 12.7 Å². The van der Waals surface area contributed by atoms with Gasteiger partial charge in [-0.15, -0.1) is 0 Å². The normalized spacial score (nSPS) is 12.2. The lowest BCUT2D eigenvalue weighted by Gasteiger charge is -2.18. The van der Waals surface area contributed by atoms with E-state index in [0.29, 0.717) is 10.6 Å². The highest BCUT2D eigenvalue weighted by Crippen LogP contribution is 2.31. The molecule has 1 atom stereocenters. The molecule has 0 aliphatic carbocycles. The van der Waals surface area contributed by atoms with E-state index in [0.717, 1.165) is 11.3 Å². The third kappa shape index (κ3) is 3.17. The largest absolute Gasteiger partial charge is 0.508 e. The van der Waals surface area contributed by atoms with Crippen molar-refractivity contribution in [2.75, 3.05) is 5.32 Å². The van der Waals surface area contributed by atoms with Crippen LogP contribution in [0.25, 0.3) is 0 Å². The fraction of sp³-hybridized carbons (Fsp3) is 0.200. The van der Waals surface area contributed by atoms with Gasteiger partial charge >= 0.3 is 0 Å².